The van der Waals surface area contributed by atoms with Crippen molar-refractivity contribution in [3.63, 3.8) is 0 Å². The fourth-order valence-electron chi connectivity index (χ4n) is 2.00. The minimum absolute atomic E-state index is 0.0367. The lowest BCUT2D eigenvalue weighted by molar-refractivity contribution is -0.138. The maximum atomic E-state index is 11.0. The highest BCUT2D eigenvalue weighted by molar-refractivity contribution is 5.69. The van der Waals surface area contributed by atoms with Crippen LogP contribution in [0.15, 0.2) is 0 Å². The number of rotatable bonds is 3. The largest absolute Gasteiger partial charge is 0.480 e. The summed E-state index contributed by atoms with van der Waals surface area (Å²) in [5.41, 5.74) is 0. The summed E-state index contributed by atoms with van der Waals surface area (Å²) in [5, 5.41) is 17.9. The molecule has 1 saturated heterocycles. The molecule has 0 unspecified atom stereocenters. The van der Waals surface area contributed by atoms with Crippen LogP contribution in [0.4, 0.5) is 4.79 Å². The smallest absolute Gasteiger partial charge is 0.407 e. The molecule has 0 spiro atoms. The topological polar surface area (TPSA) is 84.3 Å². The van der Waals surface area contributed by atoms with E-state index < -0.39 is 12.1 Å². The van der Waals surface area contributed by atoms with Gasteiger partial charge in [-0.25, -0.2) is 4.79 Å². The third kappa shape index (κ3) is 4.89. The quantitative estimate of drug-likeness (QED) is 0.723. The van der Waals surface area contributed by atoms with Crippen LogP contribution >= 0.6 is 0 Å². The highest BCUT2D eigenvalue weighted by Gasteiger charge is 2.19. The Labute approximate surface area is 107 Å². The predicted molar refractivity (Wildman–Crippen MR) is 65.8 cm³/mol. The molecule has 18 heavy (non-hydrogen) atoms. The van der Waals surface area contributed by atoms with Gasteiger partial charge in [-0.05, 0) is 6.54 Å². The number of aliphatic carboxylic acids is 1. The van der Waals surface area contributed by atoms with Gasteiger partial charge in [-0.3, -0.25) is 9.69 Å². The van der Waals surface area contributed by atoms with Crippen molar-refractivity contribution in [3.05, 3.63) is 0 Å². The molecule has 1 amide bonds. The molecule has 0 saturated carbocycles. The zero-order valence-electron chi connectivity index (χ0n) is 10.7. The first-order valence-electron chi connectivity index (χ1n) is 6.17. The van der Waals surface area contributed by atoms with E-state index in [1.54, 1.807) is 4.90 Å². The van der Waals surface area contributed by atoms with Gasteiger partial charge in [-0.2, -0.15) is 0 Å². The Kier molecular flexibility index (Phi) is 5.87. The number of nitrogens with zero attached hydrogens (tertiary/aromatic N) is 3. The highest BCUT2D eigenvalue weighted by atomic mass is 16.4. The van der Waals surface area contributed by atoms with Crippen LogP contribution in [-0.2, 0) is 4.79 Å². The normalized spacial score (nSPS) is 19.9. The lowest BCUT2D eigenvalue weighted by Gasteiger charge is -2.23. The van der Waals surface area contributed by atoms with E-state index in [-0.39, 0.29) is 6.54 Å². The summed E-state index contributed by atoms with van der Waals surface area (Å²) in [4.78, 5) is 27.0. The van der Waals surface area contributed by atoms with Crippen molar-refractivity contribution >= 4 is 12.1 Å². The van der Waals surface area contributed by atoms with E-state index in [4.69, 9.17) is 10.2 Å². The van der Waals surface area contributed by atoms with Crippen LogP contribution in [0.3, 0.4) is 0 Å². The number of carbonyl (C=O) groups is 2. The number of carboxylic acid groups (broad SMARTS) is 2. The third-order valence-electron chi connectivity index (χ3n) is 3.18. The molecule has 1 aliphatic rings. The van der Waals surface area contributed by atoms with Gasteiger partial charge in [0.2, 0.25) is 0 Å². The van der Waals surface area contributed by atoms with Crippen LogP contribution in [0.25, 0.3) is 0 Å². The summed E-state index contributed by atoms with van der Waals surface area (Å²) in [6.07, 6.45) is -0.941. The van der Waals surface area contributed by atoms with Crippen molar-refractivity contribution < 1.29 is 19.8 Å². The molecule has 0 aromatic heterocycles. The SMILES string of the molecule is CCN1CCN(CC(=O)O)CCN(C(=O)O)CC1. The number of amides is 1. The second-order valence-corrected chi connectivity index (χ2v) is 4.37. The molecule has 7 nitrogen and oxygen atoms in total. The molecule has 0 aliphatic carbocycles. The molecular weight excluding hydrogens is 238 g/mol. The number of hydrogen-bond acceptors (Lipinski definition) is 4. The molecule has 2 N–H and O–H groups in total. The summed E-state index contributed by atoms with van der Waals surface area (Å²) in [6.45, 7) is 6.26. The van der Waals surface area contributed by atoms with E-state index in [1.807, 2.05) is 6.92 Å². The van der Waals surface area contributed by atoms with Crippen molar-refractivity contribution in [2.45, 2.75) is 6.92 Å². The van der Waals surface area contributed by atoms with Crippen molar-refractivity contribution in [2.75, 3.05) is 52.4 Å². The second-order valence-electron chi connectivity index (χ2n) is 4.37. The van der Waals surface area contributed by atoms with E-state index in [0.29, 0.717) is 32.7 Å². The second kappa shape index (κ2) is 7.17. The molecule has 1 rings (SSSR count). The summed E-state index contributed by atoms with van der Waals surface area (Å²) < 4.78 is 0. The van der Waals surface area contributed by atoms with Gasteiger partial charge in [-0.15, -0.1) is 0 Å². The van der Waals surface area contributed by atoms with E-state index in [0.717, 1.165) is 13.1 Å². The average molecular weight is 259 g/mol. The first-order chi connectivity index (χ1) is 8.52. The Morgan fingerprint density at radius 3 is 1.94 bits per heavy atom. The number of hydrogen-bond donors (Lipinski definition) is 2. The molecule has 104 valence electrons. The van der Waals surface area contributed by atoms with E-state index in [2.05, 4.69) is 4.90 Å². The Hall–Kier alpha value is -1.34. The van der Waals surface area contributed by atoms with E-state index in [1.165, 1.54) is 4.90 Å². The molecule has 0 radical (unpaired) electrons. The summed E-state index contributed by atoms with van der Waals surface area (Å²) in [5.74, 6) is -0.876. The lowest BCUT2D eigenvalue weighted by atomic mass is 10.4. The highest BCUT2D eigenvalue weighted by Crippen LogP contribution is 2.00. The van der Waals surface area contributed by atoms with Crippen molar-refractivity contribution in [1.29, 1.82) is 0 Å². The van der Waals surface area contributed by atoms with Gasteiger partial charge < -0.3 is 20.0 Å². The van der Waals surface area contributed by atoms with Crippen LogP contribution < -0.4 is 0 Å². The fraction of sp³-hybridized carbons (Fsp3) is 0.818. The molecule has 1 aliphatic heterocycles. The minimum Gasteiger partial charge on any atom is -0.480 e. The van der Waals surface area contributed by atoms with Crippen molar-refractivity contribution in [3.8, 4) is 0 Å². The summed E-state index contributed by atoms with van der Waals surface area (Å²) >= 11 is 0. The molecule has 0 aromatic carbocycles. The molecule has 0 bridgehead atoms. The van der Waals surface area contributed by atoms with Crippen LogP contribution in [0.5, 0.6) is 0 Å². The summed E-state index contributed by atoms with van der Waals surface area (Å²) in [6, 6.07) is 0. The van der Waals surface area contributed by atoms with Crippen LogP contribution in [-0.4, -0.2) is 89.3 Å². The zero-order valence-corrected chi connectivity index (χ0v) is 10.7. The van der Waals surface area contributed by atoms with Gasteiger partial charge in [0.25, 0.3) is 0 Å². The Bertz CT molecular complexity index is 298. The third-order valence-corrected chi connectivity index (χ3v) is 3.18. The average Bonchev–Trinajstić information content (AvgIpc) is 2.39. The number of carboxylic acids is 1. The Balaban J connectivity index is 2.63. The van der Waals surface area contributed by atoms with Crippen LogP contribution in [0.2, 0.25) is 0 Å². The summed E-state index contributed by atoms with van der Waals surface area (Å²) in [7, 11) is 0. The molecule has 0 atom stereocenters. The van der Waals surface area contributed by atoms with Gasteiger partial charge in [0, 0.05) is 39.3 Å². The first-order valence-corrected chi connectivity index (χ1v) is 6.17. The van der Waals surface area contributed by atoms with Gasteiger partial charge in [0.1, 0.15) is 0 Å². The molecular formula is C11H21N3O4. The van der Waals surface area contributed by atoms with Crippen molar-refractivity contribution in [1.82, 2.24) is 14.7 Å². The van der Waals surface area contributed by atoms with Crippen molar-refractivity contribution in [2.24, 2.45) is 0 Å². The monoisotopic (exact) mass is 259 g/mol. The standard InChI is InChI=1S/C11H21N3O4/c1-2-12-3-4-13(9-10(15)16)6-8-14(7-5-12)11(17)18/h2-9H2,1H3,(H,15,16)(H,17,18). The zero-order chi connectivity index (χ0) is 13.5. The minimum atomic E-state index is -0.941. The molecule has 1 fully saturated rings. The van der Waals surface area contributed by atoms with E-state index >= 15 is 0 Å². The molecule has 0 aromatic rings. The van der Waals surface area contributed by atoms with Gasteiger partial charge in [0.15, 0.2) is 0 Å². The Morgan fingerprint density at radius 1 is 0.944 bits per heavy atom. The predicted octanol–water partition coefficient (Wildman–Crippen LogP) is -0.311. The van der Waals surface area contributed by atoms with E-state index in [9.17, 15) is 9.59 Å². The fourth-order valence-corrected chi connectivity index (χ4v) is 2.00. The maximum Gasteiger partial charge on any atom is 0.407 e. The van der Waals surface area contributed by atoms with Crippen LogP contribution in [0.1, 0.15) is 6.92 Å². The Morgan fingerprint density at radius 2 is 1.44 bits per heavy atom. The molecule has 1 heterocycles. The maximum absolute atomic E-state index is 11.0. The lowest BCUT2D eigenvalue weighted by Crippen LogP contribution is -2.40. The first kappa shape index (κ1) is 14.7. The van der Waals surface area contributed by atoms with Gasteiger partial charge in [0.05, 0.1) is 6.54 Å². The van der Waals surface area contributed by atoms with Gasteiger partial charge in [-0.1, -0.05) is 6.92 Å². The van der Waals surface area contributed by atoms with Crippen LogP contribution in [0, 0.1) is 0 Å². The molecule has 7 heteroatoms. The van der Waals surface area contributed by atoms with Gasteiger partial charge >= 0.3 is 12.1 Å². The number of likely N-dealkylation sites (N-methyl/N-ethyl adjacent to an activating group) is 1.